The Kier molecular flexibility index (Phi) is 6.46. The van der Waals surface area contributed by atoms with E-state index in [0.29, 0.717) is 17.8 Å². The van der Waals surface area contributed by atoms with Crippen molar-refractivity contribution in [3.05, 3.63) is 23.8 Å². The van der Waals surface area contributed by atoms with Crippen LogP contribution in [0.25, 0.3) is 0 Å². The predicted octanol–water partition coefficient (Wildman–Crippen LogP) is 1.31. The summed E-state index contributed by atoms with van der Waals surface area (Å²) in [6.45, 7) is 4.41. The lowest BCUT2D eigenvalue weighted by atomic mass is 9.95. The van der Waals surface area contributed by atoms with Gasteiger partial charge in [-0.2, -0.15) is 0 Å². The molecule has 0 saturated carbocycles. The number of hydrogen-bond donors (Lipinski definition) is 1. The summed E-state index contributed by atoms with van der Waals surface area (Å²) in [5, 5.41) is 2.97. The van der Waals surface area contributed by atoms with Gasteiger partial charge in [0.2, 0.25) is 11.8 Å². The summed E-state index contributed by atoms with van der Waals surface area (Å²) >= 11 is 0. The van der Waals surface area contributed by atoms with E-state index in [1.54, 1.807) is 25.1 Å². The van der Waals surface area contributed by atoms with Crippen molar-refractivity contribution < 1.29 is 14.4 Å². The van der Waals surface area contributed by atoms with Crippen LogP contribution in [0.15, 0.2) is 18.2 Å². The van der Waals surface area contributed by atoms with E-state index >= 15 is 0 Å². The molecule has 3 aliphatic heterocycles. The number of nitrogens with zero attached hydrogens (tertiary/aromatic N) is 4. The number of benzene rings is 1. The molecule has 0 aliphatic carbocycles. The number of nitrogens with one attached hydrogen (secondary N) is 1. The fraction of sp³-hybridized carbons (Fsp3) is 0.609. The van der Waals surface area contributed by atoms with Gasteiger partial charge in [0.05, 0.1) is 11.4 Å². The number of carbonyl (C=O) groups excluding carboxylic acids is 3. The molecule has 1 N–H and O–H groups in total. The predicted molar refractivity (Wildman–Crippen MR) is 120 cm³/mol. The highest BCUT2D eigenvalue weighted by molar-refractivity contribution is 6.09. The van der Waals surface area contributed by atoms with Crippen molar-refractivity contribution in [2.45, 2.75) is 38.1 Å². The highest BCUT2D eigenvalue weighted by atomic mass is 16.2. The molecule has 3 amide bonds. The van der Waals surface area contributed by atoms with E-state index < -0.39 is 0 Å². The third-order valence-electron chi connectivity index (χ3n) is 6.53. The second-order valence-corrected chi connectivity index (χ2v) is 8.93. The number of fused-ring (bicyclic) bond motifs is 3. The van der Waals surface area contributed by atoms with Crippen LogP contribution in [-0.4, -0.2) is 86.9 Å². The maximum atomic E-state index is 13.4. The Labute approximate surface area is 184 Å². The minimum absolute atomic E-state index is 0.0181. The van der Waals surface area contributed by atoms with E-state index in [0.717, 1.165) is 51.1 Å². The first-order valence-corrected chi connectivity index (χ1v) is 11.4. The fourth-order valence-electron chi connectivity index (χ4n) is 4.87. The van der Waals surface area contributed by atoms with Gasteiger partial charge in [0.1, 0.15) is 12.6 Å². The summed E-state index contributed by atoms with van der Waals surface area (Å²) in [7, 11) is 3.42. The van der Waals surface area contributed by atoms with E-state index in [4.69, 9.17) is 0 Å². The molecule has 0 bridgehead atoms. The van der Waals surface area contributed by atoms with Gasteiger partial charge in [0, 0.05) is 39.3 Å². The first kappa shape index (κ1) is 21.6. The lowest BCUT2D eigenvalue weighted by Gasteiger charge is -2.45. The summed E-state index contributed by atoms with van der Waals surface area (Å²) in [6.07, 6.45) is 5.29. The normalized spacial score (nSPS) is 21.0. The minimum Gasteiger partial charge on any atom is -0.358 e. The summed E-state index contributed by atoms with van der Waals surface area (Å²) in [5.41, 5.74) is 2.11. The minimum atomic E-state index is -0.228. The van der Waals surface area contributed by atoms with Gasteiger partial charge in [-0.05, 0) is 63.4 Å². The van der Waals surface area contributed by atoms with E-state index in [2.05, 4.69) is 15.1 Å². The molecule has 168 valence electrons. The van der Waals surface area contributed by atoms with Crippen LogP contribution in [-0.2, 0) is 9.59 Å². The molecule has 4 rings (SSSR count). The number of rotatable bonds is 6. The molecule has 1 aromatic carbocycles. The Morgan fingerprint density at radius 1 is 1.06 bits per heavy atom. The number of anilines is 2. The molecule has 31 heavy (non-hydrogen) atoms. The Morgan fingerprint density at radius 2 is 1.81 bits per heavy atom. The zero-order valence-corrected chi connectivity index (χ0v) is 18.6. The van der Waals surface area contributed by atoms with Gasteiger partial charge < -0.3 is 20.0 Å². The van der Waals surface area contributed by atoms with Crippen LogP contribution in [0.5, 0.6) is 0 Å². The number of likely N-dealkylation sites (tertiary alicyclic amines) is 1. The van der Waals surface area contributed by atoms with Crippen LogP contribution in [0.4, 0.5) is 11.4 Å². The van der Waals surface area contributed by atoms with Crippen molar-refractivity contribution in [3.8, 4) is 0 Å². The van der Waals surface area contributed by atoms with Crippen molar-refractivity contribution in [2.24, 2.45) is 0 Å². The van der Waals surface area contributed by atoms with E-state index in [9.17, 15) is 14.4 Å². The Balaban J connectivity index is 1.54. The van der Waals surface area contributed by atoms with Crippen molar-refractivity contribution in [3.63, 3.8) is 0 Å². The SMILES string of the molecule is CN(C)C(=O)c1ccc2c(c1)N(CC(=O)NCCN1CCCC1)C(=O)[C@H]1CCCCN21. The van der Waals surface area contributed by atoms with Gasteiger partial charge in [-0.15, -0.1) is 0 Å². The van der Waals surface area contributed by atoms with Crippen LogP contribution in [0.3, 0.4) is 0 Å². The van der Waals surface area contributed by atoms with E-state index in [-0.39, 0.29) is 30.3 Å². The molecule has 3 aliphatic rings. The van der Waals surface area contributed by atoms with Gasteiger partial charge in [-0.25, -0.2) is 0 Å². The Hall–Kier alpha value is -2.61. The highest BCUT2D eigenvalue weighted by Gasteiger charge is 2.40. The van der Waals surface area contributed by atoms with Crippen molar-refractivity contribution in [1.29, 1.82) is 0 Å². The van der Waals surface area contributed by atoms with Gasteiger partial charge in [0.15, 0.2) is 0 Å². The first-order valence-electron chi connectivity index (χ1n) is 11.4. The summed E-state index contributed by atoms with van der Waals surface area (Å²) in [6, 6.07) is 5.28. The van der Waals surface area contributed by atoms with Gasteiger partial charge in [-0.1, -0.05) is 0 Å². The van der Waals surface area contributed by atoms with Crippen molar-refractivity contribution in [1.82, 2.24) is 15.1 Å². The number of carbonyl (C=O) groups is 3. The molecule has 2 saturated heterocycles. The molecular formula is C23H33N5O3. The molecule has 3 heterocycles. The van der Waals surface area contributed by atoms with Gasteiger partial charge >= 0.3 is 0 Å². The lowest BCUT2D eigenvalue weighted by Crippen LogP contribution is -2.57. The third kappa shape index (κ3) is 4.54. The van der Waals surface area contributed by atoms with Crippen LogP contribution < -0.4 is 15.1 Å². The highest BCUT2D eigenvalue weighted by Crippen LogP contribution is 2.40. The zero-order chi connectivity index (χ0) is 22.0. The number of piperidine rings is 1. The first-order chi connectivity index (χ1) is 15.0. The Morgan fingerprint density at radius 3 is 2.55 bits per heavy atom. The lowest BCUT2D eigenvalue weighted by molar-refractivity contribution is -0.125. The average molecular weight is 428 g/mol. The van der Waals surface area contributed by atoms with E-state index in [1.165, 1.54) is 17.7 Å². The molecule has 1 aromatic rings. The Bertz CT molecular complexity index is 850. The maximum absolute atomic E-state index is 13.4. The largest absolute Gasteiger partial charge is 0.358 e. The molecule has 1 atom stereocenters. The molecule has 2 fully saturated rings. The molecule has 8 nitrogen and oxygen atoms in total. The summed E-state index contributed by atoms with van der Waals surface area (Å²) in [5.74, 6) is -0.325. The standard InChI is InChI=1S/C23H33N5O3/c1-25(2)22(30)17-8-9-18-20(15-17)28(23(31)19-7-3-4-13-27(18)19)16-21(29)24-10-14-26-11-5-6-12-26/h8-9,15,19H,3-7,10-14,16H2,1-2H3,(H,24,29)/t19-/m1/s1. The summed E-state index contributed by atoms with van der Waals surface area (Å²) < 4.78 is 0. The monoisotopic (exact) mass is 427 g/mol. The second-order valence-electron chi connectivity index (χ2n) is 8.93. The zero-order valence-electron chi connectivity index (χ0n) is 18.6. The quantitative estimate of drug-likeness (QED) is 0.741. The fourth-order valence-corrected chi connectivity index (χ4v) is 4.87. The van der Waals surface area contributed by atoms with Crippen molar-refractivity contribution in [2.75, 3.05) is 63.2 Å². The number of amides is 3. The van der Waals surface area contributed by atoms with Gasteiger partial charge in [0.25, 0.3) is 5.91 Å². The van der Waals surface area contributed by atoms with Crippen LogP contribution in [0.2, 0.25) is 0 Å². The molecular weight excluding hydrogens is 394 g/mol. The molecule has 8 heteroatoms. The topological polar surface area (TPSA) is 76.2 Å². The van der Waals surface area contributed by atoms with Crippen molar-refractivity contribution >= 4 is 29.1 Å². The molecule has 0 unspecified atom stereocenters. The third-order valence-corrected chi connectivity index (χ3v) is 6.53. The van der Waals surface area contributed by atoms with Crippen LogP contribution >= 0.6 is 0 Å². The molecule has 0 radical (unpaired) electrons. The molecule has 0 aromatic heterocycles. The average Bonchev–Trinajstić information content (AvgIpc) is 3.29. The van der Waals surface area contributed by atoms with E-state index in [1.807, 2.05) is 12.1 Å². The second kappa shape index (κ2) is 9.26. The number of hydrogen-bond acceptors (Lipinski definition) is 5. The van der Waals surface area contributed by atoms with Gasteiger partial charge in [-0.3, -0.25) is 19.3 Å². The maximum Gasteiger partial charge on any atom is 0.253 e. The summed E-state index contributed by atoms with van der Waals surface area (Å²) in [4.78, 5) is 46.2. The molecule has 0 spiro atoms. The van der Waals surface area contributed by atoms with Crippen LogP contribution in [0.1, 0.15) is 42.5 Å². The van der Waals surface area contributed by atoms with Crippen LogP contribution in [0, 0.1) is 0 Å². The smallest absolute Gasteiger partial charge is 0.253 e.